The second-order valence-electron chi connectivity index (χ2n) is 7.10. The Kier molecular flexibility index (Phi) is 11.6. The van der Waals surface area contributed by atoms with Crippen molar-refractivity contribution >= 4 is 23.7 Å². The molecule has 1 heterocycles. The first-order chi connectivity index (χ1) is 14.7. The molecule has 3 atom stereocenters. The van der Waals surface area contributed by atoms with Gasteiger partial charge in [-0.1, -0.05) is 0 Å². The molecule has 0 aliphatic carbocycles. The third kappa shape index (κ3) is 10.4. The summed E-state index contributed by atoms with van der Waals surface area (Å²) in [5.41, 5.74) is 17.2. The number of carboxylic acids is 1. The minimum atomic E-state index is -1.20. The second-order valence-corrected chi connectivity index (χ2v) is 7.10. The van der Waals surface area contributed by atoms with Crippen LogP contribution in [0.1, 0.15) is 37.8 Å². The topological polar surface area (TPSA) is 238 Å². The fraction of sp³-hybridized carbons (Fsp3) is 0.611. The number of carboxylic acid groups (broad SMARTS) is 1. The molecule has 1 rings (SSSR count). The van der Waals surface area contributed by atoms with Gasteiger partial charge < -0.3 is 43.2 Å². The van der Waals surface area contributed by atoms with Gasteiger partial charge in [0.1, 0.15) is 12.1 Å². The lowest BCUT2D eigenvalue weighted by molar-refractivity contribution is -0.142. The molecule has 1 aromatic rings. The maximum Gasteiger partial charge on any atom is 0.326 e. The highest BCUT2D eigenvalue weighted by Gasteiger charge is 2.27. The molecule has 31 heavy (non-hydrogen) atoms. The van der Waals surface area contributed by atoms with Crippen molar-refractivity contribution in [2.75, 3.05) is 13.1 Å². The van der Waals surface area contributed by atoms with Crippen molar-refractivity contribution in [1.82, 2.24) is 25.9 Å². The number of amides is 2. The van der Waals surface area contributed by atoms with E-state index < -0.39 is 35.9 Å². The lowest BCUT2D eigenvalue weighted by Crippen LogP contribution is -2.54. The zero-order chi connectivity index (χ0) is 23.2. The number of hydrogen-bond donors (Lipinski definition) is 9. The lowest BCUT2D eigenvalue weighted by Gasteiger charge is -2.23. The first kappa shape index (κ1) is 25.8. The zero-order valence-electron chi connectivity index (χ0n) is 17.4. The number of aliphatic carboxylic acids is 1. The SMILES string of the molecule is N=C(N)NCCC[C@H](NC(=O)[C@H](CCCCN)NC(=O)[C@@H](N)Cc1c[nH]cn1)C(=O)O. The number of aromatic amines is 1. The molecule has 0 saturated carbocycles. The Morgan fingerprint density at radius 3 is 2.39 bits per heavy atom. The molecule has 0 aliphatic heterocycles. The van der Waals surface area contributed by atoms with E-state index in [1.54, 1.807) is 6.20 Å². The van der Waals surface area contributed by atoms with Crippen molar-refractivity contribution in [3.63, 3.8) is 0 Å². The van der Waals surface area contributed by atoms with Gasteiger partial charge in [0, 0.05) is 19.2 Å². The summed E-state index contributed by atoms with van der Waals surface area (Å²) in [4.78, 5) is 43.5. The summed E-state index contributed by atoms with van der Waals surface area (Å²) in [6, 6.07) is -3.00. The number of guanidine groups is 1. The summed E-state index contributed by atoms with van der Waals surface area (Å²) in [5.74, 6) is -2.55. The van der Waals surface area contributed by atoms with Gasteiger partial charge >= 0.3 is 5.97 Å². The van der Waals surface area contributed by atoms with E-state index in [2.05, 4.69) is 25.9 Å². The summed E-state index contributed by atoms with van der Waals surface area (Å²) in [7, 11) is 0. The number of unbranched alkanes of at least 4 members (excludes halogenated alkanes) is 1. The van der Waals surface area contributed by atoms with Crippen LogP contribution >= 0.6 is 0 Å². The van der Waals surface area contributed by atoms with Crippen molar-refractivity contribution in [2.45, 2.75) is 56.7 Å². The Morgan fingerprint density at radius 1 is 1.13 bits per heavy atom. The highest BCUT2D eigenvalue weighted by molar-refractivity contribution is 5.91. The Balaban J connectivity index is 2.70. The van der Waals surface area contributed by atoms with Crippen LogP contribution < -0.4 is 33.2 Å². The monoisotopic (exact) mass is 439 g/mol. The number of nitrogens with two attached hydrogens (primary N) is 3. The molecule has 1 aromatic heterocycles. The van der Waals surface area contributed by atoms with Crippen LogP contribution in [-0.2, 0) is 20.8 Å². The Hall–Kier alpha value is -3.19. The molecule has 0 aliphatic rings. The summed E-state index contributed by atoms with van der Waals surface area (Å²) in [6.45, 7) is 0.732. The van der Waals surface area contributed by atoms with E-state index in [1.807, 2.05) is 0 Å². The van der Waals surface area contributed by atoms with Gasteiger partial charge in [0.05, 0.1) is 18.1 Å². The molecule has 0 fully saturated rings. The average molecular weight is 440 g/mol. The van der Waals surface area contributed by atoms with Crippen LogP contribution in [0.3, 0.4) is 0 Å². The minimum absolute atomic E-state index is 0.128. The van der Waals surface area contributed by atoms with Crippen molar-refractivity contribution < 1.29 is 19.5 Å². The highest BCUT2D eigenvalue weighted by Crippen LogP contribution is 2.05. The number of rotatable bonds is 15. The van der Waals surface area contributed by atoms with E-state index >= 15 is 0 Å². The fourth-order valence-corrected chi connectivity index (χ4v) is 2.82. The van der Waals surface area contributed by atoms with Gasteiger partial charge in [-0.25, -0.2) is 9.78 Å². The van der Waals surface area contributed by atoms with Crippen LogP contribution in [0.4, 0.5) is 0 Å². The van der Waals surface area contributed by atoms with Gasteiger partial charge in [0.15, 0.2) is 5.96 Å². The van der Waals surface area contributed by atoms with Crippen molar-refractivity contribution in [1.29, 1.82) is 5.41 Å². The predicted molar refractivity (Wildman–Crippen MR) is 114 cm³/mol. The van der Waals surface area contributed by atoms with Crippen LogP contribution in [-0.4, -0.2) is 70.0 Å². The third-order valence-corrected chi connectivity index (χ3v) is 4.50. The van der Waals surface area contributed by atoms with Crippen molar-refractivity contribution in [3.05, 3.63) is 18.2 Å². The minimum Gasteiger partial charge on any atom is -0.480 e. The molecule has 0 spiro atoms. The van der Waals surface area contributed by atoms with Gasteiger partial charge in [-0.2, -0.15) is 0 Å². The Bertz CT molecular complexity index is 711. The predicted octanol–water partition coefficient (Wildman–Crippen LogP) is -2.27. The van der Waals surface area contributed by atoms with E-state index in [-0.39, 0.29) is 18.8 Å². The number of H-pyrrole nitrogens is 1. The maximum atomic E-state index is 12.7. The Labute approximate surface area is 180 Å². The molecule has 12 N–H and O–H groups in total. The van der Waals surface area contributed by atoms with E-state index in [9.17, 15) is 19.5 Å². The van der Waals surface area contributed by atoms with E-state index in [0.29, 0.717) is 44.5 Å². The maximum absolute atomic E-state index is 12.7. The van der Waals surface area contributed by atoms with Gasteiger partial charge in [0.25, 0.3) is 0 Å². The summed E-state index contributed by atoms with van der Waals surface area (Å²) in [6.07, 6.45) is 5.30. The molecule has 13 heteroatoms. The standard InChI is InChI=1S/C18H33N9O4/c19-6-2-1-4-13(26-15(28)12(20)8-11-9-23-10-25-11)16(29)27-14(17(30)31)5-3-7-24-18(21)22/h9-10,12-14H,1-8,19-20H2,(H,23,25)(H,26,28)(H,27,29)(H,30,31)(H4,21,22,24)/t12-,13-,14-/m0/s1. The first-order valence-corrected chi connectivity index (χ1v) is 10.1. The molecule has 0 aromatic carbocycles. The fourth-order valence-electron chi connectivity index (χ4n) is 2.82. The molecule has 0 radical (unpaired) electrons. The molecule has 0 bridgehead atoms. The quantitative estimate of drug-likeness (QED) is 0.0811. The molecule has 174 valence electrons. The van der Waals surface area contributed by atoms with Crippen LogP contribution in [0, 0.1) is 5.41 Å². The largest absolute Gasteiger partial charge is 0.480 e. The average Bonchev–Trinajstić information content (AvgIpc) is 3.21. The summed E-state index contributed by atoms with van der Waals surface area (Å²) in [5, 5.41) is 24.1. The van der Waals surface area contributed by atoms with Crippen LogP contribution in [0.5, 0.6) is 0 Å². The number of carbonyl (C=O) groups is 3. The summed E-state index contributed by atoms with van der Waals surface area (Å²) >= 11 is 0. The van der Waals surface area contributed by atoms with Crippen molar-refractivity contribution in [2.24, 2.45) is 17.2 Å². The van der Waals surface area contributed by atoms with Crippen molar-refractivity contribution in [3.8, 4) is 0 Å². The van der Waals surface area contributed by atoms with Crippen LogP contribution in [0.25, 0.3) is 0 Å². The number of nitrogens with zero attached hydrogens (tertiary/aromatic N) is 1. The second kappa shape index (κ2) is 13.9. The number of aromatic nitrogens is 2. The first-order valence-electron chi connectivity index (χ1n) is 10.1. The molecule has 0 unspecified atom stereocenters. The molecule has 13 nitrogen and oxygen atoms in total. The van der Waals surface area contributed by atoms with Gasteiger partial charge in [-0.15, -0.1) is 0 Å². The molecule has 2 amide bonds. The highest BCUT2D eigenvalue weighted by atomic mass is 16.4. The molecule has 0 saturated heterocycles. The lowest BCUT2D eigenvalue weighted by atomic mass is 10.1. The van der Waals surface area contributed by atoms with E-state index in [0.717, 1.165) is 0 Å². The molecular weight excluding hydrogens is 406 g/mol. The summed E-state index contributed by atoms with van der Waals surface area (Å²) < 4.78 is 0. The van der Waals surface area contributed by atoms with Gasteiger partial charge in [0.2, 0.25) is 11.8 Å². The molecular formula is C18H33N9O4. The number of nitrogens with one attached hydrogen (secondary N) is 5. The third-order valence-electron chi connectivity index (χ3n) is 4.50. The van der Waals surface area contributed by atoms with Crippen LogP contribution in [0.15, 0.2) is 12.5 Å². The smallest absolute Gasteiger partial charge is 0.326 e. The van der Waals surface area contributed by atoms with E-state index in [4.69, 9.17) is 22.6 Å². The normalized spacial score (nSPS) is 13.6. The van der Waals surface area contributed by atoms with Gasteiger partial charge in [-0.3, -0.25) is 15.0 Å². The van der Waals surface area contributed by atoms with Crippen LogP contribution in [0.2, 0.25) is 0 Å². The number of hydrogen-bond acceptors (Lipinski definition) is 7. The van der Waals surface area contributed by atoms with E-state index in [1.165, 1.54) is 6.33 Å². The Morgan fingerprint density at radius 2 is 1.81 bits per heavy atom. The number of carbonyl (C=O) groups excluding carboxylic acids is 2. The van der Waals surface area contributed by atoms with Gasteiger partial charge in [-0.05, 0) is 38.6 Å². The zero-order valence-corrected chi connectivity index (χ0v) is 17.4. The number of imidazole rings is 1.